The predicted molar refractivity (Wildman–Crippen MR) is 103 cm³/mol. The molecule has 0 saturated carbocycles. The molecule has 0 bridgehead atoms. The lowest BCUT2D eigenvalue weighted by Crippen LogP contribution is -2.11. The van der Waals surface area contributed by atoms with E-state index in [1.165, 1.54) is 0 Å². The van der Waals surface area contributed by atoms with Crippen LogP contribution in [0.4, 0.5) is 0 Å². The summed E-state index contributed by atoms with van der Waals surface area (Å²) in [6.07, 6.45) is 0. The third-order valence-electron chi connectivity index (χ3n) is 3.32. The van der Waals surface area contributed by atoms with Crippen LogP contribution in [0.15, 0.2) is 60.7 Å². The highest BCUT2D eigenvalue weighted by Gasteiger charge is 2.31. The molecule has 0 amide bonds. The highest BCUT2D eigenvalue weighted by Crippen LogP contribution is 2.30. The zero-order valence-electron chi connectivity index (χ0n) is 14.7. The molecule has 0 spiro atoms. The van der Waals surface area contributed by atoms with E-state index < -0.39 is 16.5 Å². The average molecular weight is 408 g/mol. The molecule has 0 fully saturated rings. The van der Waals surface area contributed by atoms with E-state index in [4.69, 9.17) is 9.79 Å². The van der Waals surface area contributed by atoms with Crippen LogP contribution < -0.4 is 0 Å². The van der Waals surface area contributed by atoms with Crippen LogP contribution in [0.5, 0.6) is 0 Å². The summed E-state index contributed by atoms with van der Waals surface area (Å²) in [4.78, 5) is 40.0. The van der Waals surface area contributed by atoms with Gasteiger partial charge >= 0.3 is 16.5 Å². The van der Waals surface area contributed by atoms with Crippen LogP contribution in [0, 0.1) is 0 Å². The van der Waals surface area contributed by atoms with E-state index >= 15 is 0 Å². The molecule has 140 valence electrons. The molecule has 9 heteroatoms. The molecule has 2 aromatic rings. The van der Waals surface area contributed by atoms with Gasteiger partial charge < -0.3 is 0 Å². The van der Waals surface area contributed by atoms with Crippen molar-refractivity contribution in [2.75, 3.05) is 0 Å². The van der Waals surface area contributed by atoms with Gasteiger partial charge in [-0.2, -0.15) is 0 Å². The second kappa shape index (κ2) is 10.1. The molecule has 0 aliphatic rings. The molecule has 2 rings (SSSR count). The third-order valence-corrected chi connectivity index (χ3v) is 4.43. The molecule has 0 heterocycles. The summed E-state index contributed by atoms with van der Waals surface area (Å²) in [6, 6.07) is 11.1. The molecule has 0 aliphatic heterocycles. The Morgan fingerprint density at radius 2 is 1.41 bits per heavy atom. The van der Waals surface area contributed by atoms with Crippen molar-refractivity contribution in [3.63, 3.8) is 0 Å². The first kappa shape index (κ1) is 22.6. The molecular weight excluding hydrogens is 390 g/mol. The van der Waals surface area contributed by atoms with Gasteiger partial charge in [-0.3, -0.25) is 9.59 Å². The van der Waals surface area contributed by atoms with Crippen LogP contribution in [0.2, 0.25) is 0 Å². The number of allylic oxidation sites excluding steroid dienone is 2. The lowest BCUT2D eigenvalue weighted by atomic mass is 9.90. The smallest absolute Gasteiger partial charge is 0.289 e. The van der Waals surface area contributed by atoms with Gasteiger partial charge in [-0.25, -0.2) is 0 Å². The second-order valence-electron chi connectivity index (χ2n) is 5.49. The maximum Gasteiger partial charge on any atom is 0.745 e. The van der Waals surface area contributed by atoms with Crippen molar-refractivity contribution in [2.24, 2.45) is 0 Å². The minimum atomic E-state index is -2.92. The summed E-state index contributed by atoms with van der Waals surface area (Å²) < 4.78 is 22.2. The molecule has 0 aliphatic carbocycles. The normalized spacial score (nSPS) is 11.1. The number of rotatable bonds is 6. The number of Topliss-reactive ketones (excluding diaryl/α,β-unsaturated/α-hetero) is 2. The van der Waals surface area contributed by atoms with Crippen LogP contribution >= 0.6 is 16.5 Å². The minimum Gasteiger partial charge on any atom is -0.289 e. The number of ketones is 2. The van der Waals surface area contributed by atoms with Gasteiger partial charge in [0.1, 0.15) is 0 Å². The summed E-state index contributed by atoms with van der Waals surface area (Å²) in [6.45, 7) is 10.7. The molecule has 0 saturated heterocycles. The molecular formula is C18H18O7P2+2. The van der Waals surface area contributed by atoms with Gasteiger partial charge in [0.2, 0.25) is 0 Å². The Morgan fingerprint density at radius 3 is 1.85 bits per heavy atom. The number of fused-ring (bicyclic) bond motifs is 1. The largest absolute Gasteiger partial charge is 0.745 e. The van der Waals surface area contributed by atoms with E-state index in [0.717, 1.165) is 10.8 Å². The van der Waals surface area contributed by atoms with E-state index in [0.29, 0.717) is 22.3 Å². The Labute approximate surface area is 157 Å². The Balaban J connectivity index is 0.000000445. The van der Waals surface area contributed by atoms with Crippen molar-refractivity contribution in [1.82, 2.24) is 0 Å². The first-order chi connectivity index (χ1) is 12.6. The number of benzene rings is 2. The number of carbonyl (C=O) groups excluding carboxylic acids is 2. The van der Waals surface area contributed by atoms with Crippen molar-refractivity contribution in [3.8, 4) is 0 Å². The zero-order valence-corrected chi connectivity index (χ0v) is 16.5. The van der Waals surface area contributed by atoms with E-state index in [1.807, 2.05) is 30.3 Å². The summed E-state index contributed by atoms with van der Waals surface area (Å²) >= 11 is 0. The molecule has 2 unspecified atom stereocenters. The predicted octanol–water partition coefficient (Wildman–Crippen LogP) is 4.66. The van der Waals surface area contributed by atoms with E-state index in [9.17, 15) is 18.7 Å². The zero-order chi connectivity index (χ0) is 20.7. The first-order valence-electron chi connectivity index (χ1n) is 7.48. The summed E-state index contributed by atoms with van der Waals surface area (Å²) in [5, 5.41) is 1.70. The maximum atomic E-state index is 12.4. The monoisotopic (exact) mass is 408 g/mol. The Bertz CT molecular complexity index is 951. The van der Waals surface area contributed by atoms with Gasteiger partial charge in [0, 0.05) is 20.3 Å². The lowest BCUT2D eigenvalue weighted by molar-refractivity contribution is 0.100. The third kappa shape index (κ3) is 6.36. The van der Waals surface area contributed by atoms with E-state index in [1.54, 1.807) is 19.9 Å². The first-order valence-corrected chi connectivity index (χ1v) is 9.74. The van der Waals surface area contributed by atoms with Gasteiger partial charge in [-0.05, 0) is 41.8 Å². The van der Waals surface area contributed by atoms with Crippen molar-refractivity contribution in [2.45, 2.75) is 13.8 Å². The van der Waals surface area contributed by atoms with Crippen LogP contribution in [0.3, 0.4) is 0 Å². The fourth-order valence-corrected chi connectivity index (χ4v) is 2.69. The van der Waals surface area contributed by atoms with Gasteiger partial charge in [-0.15, -0.1) is 9.79 Å². The Hall–Kier alpha value is -2.40. The van der Waals surface area contributed by atoms with E-state index in [2.05, 4.69) is 17.5 Å². The molecule has 7 nitrogen and oxygen atoms in total. The van der Waals surface area contributed by atoms with Crippen LogP contribution in [0.1, 0.15) is 34.6 Å². The highest BCUT2D eigenvalue weighted by molar-refractivity contribution is 7.46. The minimum absolute atomic E-state index is 0.202. The highest BCUT2D eigenvalue weighted by atomic mass is 31.2. The topological polar surface area (TPSA) is 118 Å². The van der Waals surface area contributed by atoms with Crippen molar-refractivity contribution in [3.05, 3.63) is 71.8 Å². The quantitative estimate of drug-likeness (QED) is 0.405. The molecule has 2 atom stereocenters. The molecule has 0 aromatic heterocycles. The standard InChI is InChI=1S/C18H16O2.O5P2/c1-11(2)17(19)15-10-9-13-7-5-6-8-14(13)16(15)18(20)12(3)4;1-6(2)5-7(3)4/h5-10H,1,3H2,2,4H3;/p+2. The van der Waals surface area contributed by atoms with Gasteiger partial charge in [0.25, 0.3) is 0 Å². The fourth-order valence-electron chi connectivity index (χ4n) is 2.21. The van der Waals surface area contributed by atoms with Crippen LogP contribution in [-0.4, -0.2) is 21.4 Å². The summed E-state index contributed by atoms with van der Waals surface area (Å²) in [5.74, 6) is -0.410. The Morgan fingerprint density at radius 1 is 0.889 bits per heavy atom. The van der Waals surface area contributed by atoms with Gasteiger partial charge in [0.05, 0.1) is 0 Å². The van der Waals surface area contributed by atoms with Crippen molar-refractivity contribution >= 4 is 38.8 Å². The average Bonchev–Trinajstić information content (AvgIpc) is 2.58. The van der Waals surface area contributed by atoms with Crippen LogP contribution in [0.25, 0.3) is 10.8 Å². The number of hydrogen-bond donors (Lipinski definition) is 2. The maximum absolute atomic E-state index is 12.4. The SMILES string of the molecule is C=C(C)C(=O)c1ccc2ccccc2c1C(=O)C(=C)C.O=[P+](O)O[P+](=O)O. The molecule has 2 aromatic carbocycles. The van der Waals surface area contributed by atoms with Gasteiger partial charge in [-0.1, -0.05) is 43.5 Å². The molecule has 2 N–H and O–H groups in total. The molecule has 0 radical (unpaired) electrons. The van der Waals surface area contributed by atoms with Gasteiger partial charge in [0.15, 0.2) is 15.9 Å². The second-order valence-corrected chi connectivity index (χ2v) is 7.09. The van der Waals surface area contributed by atoms with Crippen LogP contribution in [-0.2, 0) is 13.4 Å². The van der Waals surface area contributed by atoms with Crippen molar-refractivity contribution in [1.29, 1.82) is 0 Å². The molecule has 27 heavy (non-hydrogen) atoms. The summed E-state index contributed by atoms with van der Waals surface area (Å²) in [7, 11) is -5.85. The number of carbonyl (C=O) groups is 2. The fraction of sp³-hybridized carbons (Fsp3) is 0.111. The summed E-state index contributed by atoms with van der Waals surface area (Å²) in [5.41, 5.74) is 1.64. The lowest BCUT2D eigenvalue weighted by Gasteiger charge is -2.11. The Kier molecular flexibility index (Phi) is 8.44. The van der Waals surface area contributed by atoms with E-state index in [-0.39, 0.29) is 11.6 Å². The van der Waals surface area contributed by atoms with Crippen molar-refractivity contribution < 1.29 is 32.8 Å². The number of hydrogen-bond acceptors (Lipinski definition) is 5.